The molecule has 8 rings (SSSR count). The highest BCUT2D eigenvalue weighted by Crippen LogP contribution is 2.33. The van der Waals surface area contributed by atoms with E-state index in [0.717, 1.165) is 56.4 Å². The highest BCUT2D eigenvalue weighted by molar-refractivity contribution is 6.09. The maximum absolute atomic E-state index is 10.6. The average molecular weight is 573 g/mol. The summed E-state index contributed by atoms with van der Waals surface area (Å²) in [6, 6.07) is 35.8. The summed E-state index contributed by atoms with van der Waals surface area (Å²) in [4.78, 5) is 9.53. The number of pyridine rings is 2. The molecule has 0 saturated heterocycles. The minimum absolute atomic E-state index is 0.234. The van der Waals surface area contributed by atoms with Gasteiger partial charge in [-0.15, -0.1) is 0 Å². The summed E-state index contributed by atoms with van der Waals surface area (Å²) < 4.78 is 4.08. The maximum Gasteiger partial charge on any atom is 0.211 e. The van der Waals surface area contributed by atoms with E-state index in [4.69, 9.17) is 9.98 Å². The van der Waals surface area contributed by atoms with Crippen molar-refractivity contribution in [2.24, 2.45) is 9.98 Å². The minimum Gasteiger partial charge on any atom is -0.507 e. The number of benzene rings is 4. The summed E-state index contributed by atoms with van der Waals surface area (Å²) >= 11 is 0. The molecule has 0 atom stereocenters. The van der Waals surface area contributed by atoms with Crippen LogP contribution in [0.4, 0.5) is 11.4 Å². The fourth-order valence-corrected chi connectivity index (χ4v) is 5.99. The lowest BCUT2D eigenvalue weighted by Crippen LogP contribution is -2.30. The molecule has 2 aliphatic heterocycles. The van der Waals surface area contributed by atoms with Crippen LogP contribution in [0.15, 0.2) is 144 Å². The van der Waals surface area contributed by atoms with Crippen LogP contribution >= 0.6 is 0 Å². The number of aromatic hydroxyl groups is 2. The number of phenolic OH excluding ortho intramolecular Hbond substituents is 2. The van der Waals surface area contributed by atoms with Crippen molar-refractivity contribution in [3.05, 3.63) is 156 Å². The number of aliphatic imine (C=N–C) groups is 2. The highest BCUT2D eigenvalue weighted by Gasteiger charge is 2.22. The molecule has 4 heterocycles. The van der Waals surface area contributed by atoms with E-state index in [1.165, 1.54) is 11.1 Å². The molecule has 44 heavy (non-hydrogen) atoms. The molecule has 2 aromatic heterocycles. The summed E-state index contributed by atoms with van der Waals surface area (Å²) in [6.07, 6.45) is 9.54. The van der Waals surface area contributed by atoms with Crippen molar-refractivity contribution in [3.8, 4) is 34.0 Å². The van der Waals surface area contributed by atoms with Gasteiger partial charge >= 0.3 is 0 Å². The van der Waals surface area contributed by atoms with Gasteiger partial charge in [0.05, 0.1) is 22.8 Å². The van der Waals surface area contributed by atoms with Crippen molar-refractivity contribution in [1.29, 1.82) is 0 Å². The lowest BCUT2D eigenvalue weighted by Gasteiger charge is -2.06. The van der Waals surface area contributed by atoms with Crippen molar-refractivity contribution in [2.75, 3.05) is 0 Å². The van der Waals surface area contributed by atoms with Gasteiger partial charge in [-0.1, -0.05) is 36.4 Å². The molecule has 0 fully saturated rings. The molecule has 0 bridgehead atoms. The fourth-order valence-electron chi connectivity index (χ4n) is 5.99. The first-order valence-corrected chi connectivity index (χ1v) is 14.6. The van der Waals surface area contributed by atoms with Gasteiger partial charge in [0.15, 0.2) is 24.8 Å². The van der Waals surface area contributed by atoms with E-state index in [-0.39, 0.29) is 11.5 Å². The van der Waals surface area contributed by atoms with Gasteiger partial charge in [-0.05, 0) is 46.5 Å². The third-order valence-corrected chi connectivity index (χ3v) is 8.38. The van der Waals surface area contributed by atoms with Crippen LogP contribution in [0.2, 0.25) is 0 Å². The molecule has 210 valence electrons. The van der Waals surface area contributed by atoms with E-state index in [9.17, 15) is 10.2 Å². The van der Waals surface area contributed by atoms with Gasteiger partial charge in [-0.3, -0.25) is 9.98 Å². The molecule has 0 spiro atoms. The molecule has 6 aromatic rings. The van der Waals surface area contributed by atoms with Crippen LogP contribution in [0.5, 0.6) is 11.5 Å². The van der Waals surface area contributed by atoms with E-state index >= 15 is 0 Å². The summed E-state index contributed by atoms with van der Waals surface area (Å²) in [5.41, 5.74) is 11.6. The number of hydrogen-bond donors (Lipinski definition) is 2. The molecule has 2 N–H and O–H groups in total. The average Bonchev–Trinajstić information content (AvgIpc) is 3.70. The number of nitrogens with zero attached hydrogens (tertiary/aromatic N) is 4. The van der Waals surface area contributed by atoms with E-state index in [2.05, 4.69) is 36.4 Å². The Balaban J connectivity index is 1.02. The summed E-state index contributed by atoms with van der Waals surface area (Å²) in [6.45, 7) is 0. The quantitative estimate of drug-likeness (QED) is 0.227. The number of phenols is 2. The van der Waals surface area contributed by atoms with E-state index in [1.807, 2.05) is 94.6 Å². The Labute approximate surface area is 254 Å². The van der Waals surface area contributed by atoms with Crippen molar-refractivity contribution < 1.29 is 19.3 Å². The minimum atomic E-state index is 0.234. The summed E-state index contributed by atoms with van der Waals surface area (Å²) in [5.74, 6) is 0.467. The number of hydrogen-bond acceptors (Lipinski definition) is 4. The van der Waals surface area contributed by atoms with Gasteiger partial charge in [0.25, 0.3) is 0 Å². The van der Waals surface area contributed by atoms with Crippen LogP contribution in [0, 0.1) is 0 Å². The Morgan fingerprint density at radius 3 is 1.30 bits per heavy atom. The van der Waals surface area contributed by atoms with Gasteiger partial charge < -0.3 is 10.2 Å². The molecular formula is C38H28N4O2+2. The number of aromatic nitrogens is 2. The second-order valence-corrected chi connectivity index (χ2v) is 11.1. The van der Waals surface area contributed by atoms with Gasteiger partial charge in [-0.2, -0.15) is 9.13 Å². The van der Waals surface area contributed by atoms with Crippen LogP contribution < -0.4 is 9.13 Å². The Hall–Kier alpha value is -5.88. The third-order valence-electron chi connectivity index (χ3n) is 8.38. The predicted molar refractivity (Wildman–Crippen MR) is 171 cm³/mol. The van der Waals surface area contributed by atoms with Crippen molar-refractivity contribution in [2.45, 2.75) is 12.8 Å². The molecule has 6 heteroatoms. The standard InChI is InChI=1S/C38H26N4O2/c43-37-11-9-29(23-31(37)35-21-27-5-1-3-7-33(27)39-35)41-17-13-25(14-18-41)26-15-19-42(20-16-26)30-10-12-38(44)32(24-30)36-22-28-6-2-4-8-34(28)40-36/h1-20,23-24H,21-22H2/p+2. The Morgan fingerprint density at radius 1 is 0.477 bits per heavy atom. The van der Waals surface area contributed by atoms with Crippen LogP contribution in [0.1, 0.15) is 22.3 Å². The lowest BCUT2D eigenvalue weighted by atomic mass is 10.0. The number of rotatable bonds is 5. The topological polar surface area (TPSA) is 72.9 Å². The molecular weight excluding hydrogens is 544 g/mol. The van der Waals surface area contributed by atoms with Crippen LogP contribution in [0.25, 0.3) is 22.5 Å². The molecule has 0 unspecified atom stereocenters. The molecule has 0 amide bonds. The Bertz CT molecular complexity index is 1980. The Morgan fingerprint density at radius 2 is 0.886 bits per heavy atom. The molecule has 0 saturated carbocycles. The number of fused-ring (bicyclic) bond motifs is 2. The first-order chi connectivity index (χ1) is 21.6. The van der Waals surface area contributed by atoms with Gasteiger partial charge in [0.2, 0.25) is 11.4 Å². The molecule has 0 aliphatic carbocycles. The van der Waals surface area contributed by atoms with E-state index in [0.29, 0.717) is 12.8 Å². The monoisotopic (exact) mass is 572 g/mol. The first kappa shape index (κ1) is 25.8. The highest BCUT2D eigenvalue weighted by atomic mass is 16.3. The van der Waals surface area contributed by atoms with E-state index < -0.39 is 0 Å². The van der Waals surface area contributed by atoms with Gasteiger partial charge in [0, 0.05) is 72.5 Å². The zero-order chi connectivity index (χ0) is 29.6. The second kappa shape index (κ2) is 10.4. The molecule has 2 aliphatic rings. The third kappa shape index (κ3) is 4.63. The van der Waals surface area contributed by atoms with Crippen molar-refractivity contribution in [1.82, 2.24) is 0 Å². The smallest absolute Gasteiger partial charge is 0.211 e. The normalized spacial score (nSPS) is 13.3. The van der Waals surface area contributed by atoms with E-state index in [1.54, 1.807) is 12.1 Å². The first-order valence-electron chi connectivity index (χ1n) is 14.6. The second-order valence-electron chi connectivity index (χ2n) is 11.1. The van der Waals surface area contributed by atoms with Crippen molar-refractivity contribution in [3.63, 3.8) is 0 Å². The maximum atomic E-state index is 10.6. The molecule has 6 nitrogen and oxygen atoms in total. The lowest BCUT2D eigenvalue weighted by molar-refractivity contribution is -0.596. The van der Waals surface area contributed by atoms with Crippen molar-refractivity contribution >= 4 is 22.8 Å². The molecule has 4 aromatic carbocycles. The largest absolute Gasteiger partial charge is 0.507 e. The summed E-state index contributed by atoms with van der Waals surface area (Å²) in [7, 11) is 0. The van der Waals surface area contributed by atoms with Crippen LogP contribution in [-0.2, 0) is 12.8 Å². The zero-order valence-corrected chi connectivity index (χ0v) is 23.8. The zero-order valence-electron chi connectivity index (χ0n) is 23.8. The van der Waals surface area contributed by atoms with Gasteiger partial charge in [0.1, 0.15) is 11.5 Å². The number of para-hydroxylation sites is 2. The van der Waals surface area contributed by atoms with Gasteiger partial charge in [-0.25, -0.2) is 0 Å². The van der Waals surface area contributed by atoms with Crippen LogP contribution in [-0.4, -0.2) is 21.6 Å². The Kier molecular flexibility index (Phi) is 6.12. The predicted octanol–water partition coefficient (Wildman–Crippen LogP) is 6.67. The summed E-state index contributed by atoms with van der Waals surface area (Å²) in [5, 5.41) is 21.3. The molecule has 0 radical (unpaired) electrons. The SMILES string of the molecule is Oc1ccc(-[n+]2ccc(-c3cc[n+](-c4ccc(O)c(C5=Nc6ccccc6C5)c4)cc3)cc2)cc1C1=Nc2ccccc2C1. The fraction of sp³-hybridized carbons (Fsp3) is 0.0526. The van der Waals surface area contributed by atoms with Crippen LogP contribution in [0.3, 0.4) is 0 Å².